The summed E-state index contributed by atoms with van der Waals surface area (Å²) >= 11 is 0. The van der Waals surface area contributed by atoms with E-state index in [9.17, 15) is 5.11 Å². The Morgan fingerprint density at radius 2 is 2.16 bits per heavy atom. The second-order valence-corrected chi connectivity index (χ2v) is 6.02. The summed E-state index contributed by atoms with van der Waals surface area (Å²) in [5, 5.41) is 13.9. The monoisotopic (exact) mass is 262 g/mol. The summed E-state index contributed by atoms with van der Waals surface area (Å²) in [6.45, 7) is 5.09. The van der Waals surface area contributed by atoms with Gasteiger partial charge in [-0.15, -0.1) is 0 Å². The van der Waals surface area contributed by atoms with Gasteiger partial charge < -0.3 is 15.3 Å². The summed E-state index contributed by atoms with van der Waals surface area (Å²) < 4.78 is 0. The largest absolute Gasteiger partial charge is 0.507 e. The van der Waals surface area contributed by atoms with E-state index in [-0.39, 0.29) is 0 Å². The first kappa shape index (κ1) is 14.4. The predicted octanol–water partition coefficient (Wildman–Crippen LogP) is 2.30. The highest BCUT2D eigenvalue weighted by molar-refractivity contribution is 5.45. The molecular formula is C16H26N2O. The van der Waals surface area contributed by atoms with Crippen molar-refractivity contribution in [2.24, 2.45) is 5.92 Å². The van der Waals surface area contributed by atoms with Gasteiger partial charge in [-0.1, -0.05) is 12.1 Å². The summed E-state index contributed by atoms with van der Waals surface area (Å²) in [7, 11) is 4.08. The van der Waals surface area contributed by atoms with Crippen LogP contribution in [0.5, 0.6) is 5.75 Å². The molecule has 0 radical (unpaired) electrons. The van der Waals surface area contributed by atoms with Gasteiger partial charge in [0.05, 0.1) is 0 Å². The van der Waals surface area contributed by atoms with Crippen molar-refractivity contribution in [3.63, 3.8) is 0 Å². The van der Waals surface area contributed by atoms with E-state index in [1.807, 2.05) is 14.1 Å². The molecular weight excluding hydrogens is 236 g/mol. The Morgan fingerprint density at radius 1 is 1.37 bits per heavy atom. The first-order chi connectivity index (χ1) is 9.08. The van der Waals surface area contributed by atoms with Crippen molar-refractivity contribution in [1.82, 2.24) is 10.2 Å². The van der Waals surface area contributed by atoms with Crippen molar-refractivity contribution >= 4 is 0 Å². The van der Waals surface area contributed by atoms with Crippen LogP contribution in [-0.2, 0) is 13.0 Å². The molecule has 0 bridgehead atoms. The average Bonchev–Trinajstić information content (AvgIpc) is 2.39. The van der Waals surface area contributed by atoms with Crippen molar-refractivity contribution in [3.8, 4) is 5.75 Å². The van der Waals surface area contributed by atoms with E-state index in [0.29, 0.717) is 11.7 Å². The number of nitrogens with zero attached hydrogens (tertiary/aromatic N) is 1. The lowest BCUT2D eigenvalue weighted by molar-refractivity contribution is 0.362. The van der Waals surface area contributed by atoms with Gasteiger partial charge in [0, 0.05) is 12.1 Å². The molecule has 1 aromatic rings. The van der Waals surface area contributed by atoms with Crippen molar-refractivity contribution in [2.75, 3.05) is 27.2 Å². The summed E-state index contributed by atoms with van der Waals surface area (Å²) in [5.74, 6) is 1.17. The number of aryl methyl sites for hydroxylation is 1. The van der Waals surface area contributed by atoms with E-state index in [1.54, 1.807) is 0 Å². The number of hydrogen-bond acceptors (Lipinski definition) is 3. The van der Waals surface area contributed by atoms with Crippen molar-refractivity contribution < 1.29 is 5.11 Å². The maximum atomic E-state index is 10.5. The molecule has 2 N–H and O–H groups in total. The van der Waals surface area contributed by atoms with Crippen LogP contribution in [0.25, 0.3) is 0 Å². The third-order valence-electron chi connectivity index (χ3n) is 3.98. The SMILES string of the molecule is Cc1ccc(CC2CCCNC2)c(O)c1CN(C)C. The first-order valence-electron chi connectivity index (χ1n) is 7.23. The van der Waals surface area contributed by atoms with Crippen LogP contribution >= 0.6 is 0 Å². The summed E-state index contributed by atoms with van der Waals surface area (Å²) in [6, 6.07) is 4.24. The number of benzene rings is 1. The summed E-state index contributed by atoms with van der Waals surface area (Å²) in [6.07, 6.45) is 3.50. The van der Waals surface area contributed by atoms with Crippen molar-refractivity contribution in [3.05, 3.63) is 28.8 Å². The standard InChI is InChI=1S/C16H26N2O/c1-12-6-7-14(9-13-5-4-8-17-10-13)16(19)15(12)11-18(2)3/h6-7,13,17,19H,4-5,8-11H2,1-3H3. The van der Waals surface area contributed by atoms with Gasteiger partial charge in [0.25, 0.3) is 0 Å². The number of hydrogen-bond donors (Lipinski definition) is 2. The lowest BCUT2D eigenvalue weighted by Gasteiger charge is -2.24. The molecule has 3 nitrogen and oxygen atoms in total. The lowest BCUT2D eigenvalue weighted by Crippen LogP contribution is -2.30. The third-order valence-corrected chi connectivity index (χ3v) is 3.98. The van der Waals surface area contributed by atoms with E-state index < -0.39 is 0 Å². The Kier molecular flexibility index (Phi) is 4.83. The molecule has 0 amide bonds. The Labute approximate surface area is 116 Å². The molecule has 0 spiro atoms. The molecule has 1 aromatic carbocycles. The Balaban J connectivity index is 2.16. The molecule has 106 valence electrons. The Hall–Kier alpha value is -1.06. The van der Waals surface area contributed by atoms with E-state index >= 15 is 0 Å². The highest BCUT2D eigenvalue weighted by Gasteiger charge is 2.17. The van der Waals surface area contributed by atoms with Gasteiger partial charge in [-0.3, -0.25) is 0 Å². The minimum Gasteiger partial charge on any atom is -0.507 e. The van der Waals surface area contributed by atoms with Crippen molar-refractivity contribution in [2.45, 2.75) is 32.7 Å². The van der Waals surface area contributed by atoms with Crippen LogP contribution in [0.3, 0.4) is 0 Å². The van der Waals surface area contributed by atoms with Gasteiger partial charge in [0.15, 0.2) is 0 Å². The van der Waals surface area contributed by atoms with Gasteiger partial charge in [-0.05, 0) is 70.4 Å². The smallest absolute Gasteiger partial charge is 0.123 e. The zero-order valence-electron chi connectivity index (χ0n) is 12.4. The summed E-state index contributed by atoms with van der Waals surface area (Å²) in [4.78, 5) is 2.11. The average molecular weight is 262 g/mol. The normalized spacial score (nSPS) is 19.9. The van der Waals surface area contributed by atoms with Gasteiger partial charge in [-0.25, -0.2) is 0 Å². The molecule has 2 rings (SSSR count). The van der Waals surface area contributed by atoms with Gasteiger partial charge in [0.1, 0.15) is 5.75 Å². The fourth-order valence-corrected chi connectivity index (χ4v) is 2.88. The van der Waals surface area contributed by atoms with Crippen LogP contribution in [0.2, 0.25) is 0 Å². The number of aromatic hydroxyl groups is 1. The predicted molar refractivity (Wildman–Crippen MR) is 79.5 cm³/mol. The fourth-order valence-electron chi connectivity index (χ4n) is 2.88. The first-order valence-corrected chi connectivity index (χ1v) is 7.23. The van der Waals surface area contributed by atoms with Crippen molar-refractivity contribution in [1.29, 1.82) is 0 Å². The minimum atomic E-state index is 0.513. The maximum absolute atomic E-state index is 10.5. The number of rotatable bonds is 4. The van der Waals surface area contributed by atoms with E-state index in [1.165, 1.54) is 18.4 Å². The molecule has 1 aliphatic heterocycles. The minimum absolute atomic E-state index is 0.513. The molecule has 0 aliphatic carbocycles. The quantitative estimate of drug-likeness (QED) is 0.874. The lowest BCUT2D eigenvalue weighted by atomic mass is 9.90. The highest BCUT2D eigenvalue weighted by atomic mass is 16.3. The van der Waals surface area contributed by atoms with E-state index in [0.717, 1.165) is 37.2 Å². The molecule has 1 fully saturated rings. The van der Waals surface area contributed by atoms with Crippen LogP contribution in [0.1, 0.15) is 29.5 Å². The molecule has 3 heteroatoms. The molecule has 1 heterocycles. The number of phenols is 1. The van der Waals surface area contributed by atoms with E-state index in [2.05, 4.69) is 29.3 Å². The fraction of sp³-hybridized carbons (Fsp3) is 0.625. The number of piperidine rings is 1. The van der Waals surface area contributed by atoms with Crippen LogP contribution in [0.4, 0.5) is 0 Å². The van der Waals surface area contributed by atoms with Gasteiger partial charge >= 0.3 is 0 Å². The molecule has 0 saturated carbocycles. The van der Waals surface area contributed by atoms with Crippen LogP contribution in [-0.4, -0.2) is 37.2 Å². The Bertz CT molecular complexity index is 423. The second kappa shape index (κ2) is 6.40. The molecule has 1 aliphatic rings. The van der Waals surface area contributed by atoms with Gasteiger partial charge in [-0.2, -0.15) is 0 Å². The number of phenolic OH excluding ortho intramolecular Hbond substituents is 1. The van der Waals surface area contributed by atoms with E-state index in [4.69, 9.17) is 0 Å². The maximum Gasteiger partial charge on any atom is 0.123 e. The molecule has 0 aromatic heterocycles. The molecule has 1 atom stereocenters. The number of nitrogens with one attached hydrogen (secondary N) is 1. The second-order valence-electron chi connectivity index (χ2n) is 6.02. The van der Waals surface area contributed by atoms with Crippen LogP contribution < -0.4 is 5.32 Å². The topological polar surface area (TPSA) is 35.5 Å². The zero-order chi connectivity index (χ0) is 13.8. The molecule has 1 unspecified atom stereocenters. The highest BCUT2D eigenvalue weighted by Crippen LogP contribution is 2.29. The molecule has 1 saturated heterocycles. The zero-order valence-corrected chi connectivity index (χ0v) is 12.4. The third kappa shape index (κ3) is 3.71. The summed E-state index contributed by atoms with van der Waals surface area (Å²) in [5.41, 5.74) is 3.36. The van der Waals surface area contributed by atoms with Crippen LogP contribution in [0.15, 0.2) is 12.1 Å². The molecule has 19 heavy (non-hydrogen) atoms. The Morgan fingerprint density at radius 3 is 2.79 bits per heavy atom. The van der Waals surface area contributed by atoms with Gasteiger partial charge in [0.2, 0.25) is 0 Å². The van der Waals surface area contributed by atoms with Crippen LogP contribution in [0, 0.1) is 12.8 Å².